The summed E-state index contributed by atoms with van der Waals surface area (Å²) in [6, 6.07) is 28.3. The Hall–Kier alpha value is -6.80. The Bertz CT molecular complexity index is 3040. The average molecular weight is 845 g/mol. The summed E-state index contributed by atoms with van der Waals surface area (Å²) in [4.78, 5) is 60.6. The van der Waals surface area contributed by atoms with Crippen molar-refractivity contribution in [1.82, 2.24) is 40.0 Å². The van der Waals surface area contributed by atoms with E-state index in [9.17, 15) is 19.2 Å². The zero-order chi connectivity index (χ0) is 43.9. The molecule has 6 N–H and O–H groups in total. The number of nitrogens with one attached hydrogen (secondary N) is 5. The minimum Gasteiger partial charge on any atom is -0.400 e. The molecule has 13 heteroatoms. The van der Waals surface area contributed by atoms with E-state index in [0.717, 1.165) is 107 Å². The van der Waals surface area contributed by atoms with Gasteiger partial charge in [0, 0.05) is 104 Å². The maximum absolute atomic E-state index is 13.0. The Labute approximate surface area is 364 Å². The van der Waals surface area contributed by atoms with Gasteiger partial charge in [-0.05, 0) is 52.6 Å². The van der Waals surface area contributed by atoms with Gasteiger partial charge >= 0.3 is 0 Å². The van der Waals surface area contributed by atoms with Crippen molar-refractivity contribution >= 4 is 67.2 Å². The molecule has 322 valence electrons. The van der Waals surface area contributed by atoms with Gasteiger partial charge in [0.05, 0.1) is 34.7 Å². The van der Waals surface area contributed by atoms with Crippen LogP contribution in [0.3, 0.4) is 0 Å². The quantitative estimate of drug-likeness (QED) is 0.110. The number of aromatic nitrogens is 4. The molecule has 2 fully saturated rings. The predicted octanol–water partition coefficient (Wildman–Crippen LogP) is 6.48. The van der Waals surface area contributed by atoms with E-state index in [4.69, 9.17) is 5.11 Å². The van der Waals surface area contributed by atoms with Crippen LogP contribution >= 0.6 is 0 Å². The molecule has 63 heavy (non-hydrogen) atoms. The molecule has 4 aromatic heterocycles. The van der Waals surface area contributed by atoms with E-state index >= 15 is 0 Å². The SMILES string of the molecule is CC.CN1CCn2cc(C3C(=O)NC(=O)C3c3c[nH]c4ccccc34)c3cccc(c32)C1.CO.O=C1NC(=O)C(c2cn3c4c(cccc24)CNCC3)C1c1c[nH]c2ccccc12. The number of carbonyl (C=O) groups is 4. The van der Waals surface area contributed by atoms with Gasteiger partial charge in [0.15, 0.2) is 0 Å². The molecule has 4 aliphatic heterocycles. The summed E-state index contributed by atoms with van der Waals surface area (Å²) < 4.78 is 4.48. The van der Waals surface area contributed by atoms with Crippen LogP contribution in [-0.4, -0.2) is 80.0 Å². The molecule has 4 aliphatic rings. The van der Waals surface area contributed by atoms with Crippen molar-refractivity contribution in [2.24, 2.45) is 0 Å². The molecular weight excluding hydrogens is 793 g/mol. The molecule has 0 spiro atoms. The monoisotopic (exact) mass is 844 g/mol. The second-order valence-electron chi connectivity index (χ2n) is 16.3. The second kappa shape index (κ2) is 17.2. The smallest absolute Gasteiger partial charge is 0.235 e. The fraction of sp³-hybridized carbons (Fsp3) is 0.280. The molecule has 8 heterocycles. The maximum atomic E-state index is 13.0. The second-order valence-corrected chi connectivity index (χ2v) is 16.3. The number of nitrogens with zero attached hydrogens (tertiary/aromatic N) is 3. The third-order valence-corrected chi connectivity index (χ3v) is 12.9. The summed E-state index contributed by atoms with van der Waals surface area (Å²) in [5.74, 6) is -3.03. The Morgan fingerprint density at radius 2 is 0.968 bits per heavy atom. The highest BCUT2D eigenvalue weighted by molar-refractivity contribution is 6.14. The van der Waals surface area contributed by atoms with Crippen LogP contribution in [0.25, 0.3) is 43.6 Å². The number of para-hydroxylation sites is 4. The molecule has 0 aliphatic carbocycles. The van der Waals surface area contributed by atoms with Crippen molar-refractivity contribution in [3.05, 3.63) is 143 Å². The number of hydrogen-bond donors (Lipinski definition) is 6. The Morgan fingerprint density at radius 1 is 0.524 bits per heavy atom. The number of likely N-dealkylation sites (N-methyl/N-ethyl adjacent to an activating group) is 1. The first-order valence-corrected chi connectivity index (χ1v) is 21.7. The van der Waals surface area contributed by atoms with E-state index in [1.807, 2.05) is 80.8 Å². The largest absolute Gasteiger partial charge is 0.400 e. The molecule has 0 saturated carbocycles. The van der Waals surface area contributed by atoms with Gasteiger partial charge in [-0.3, -0.25) is 29.8 Å². The van der Waals surface area contributed by atoms with Gasteiger partial charge in [0.25, 0.3) is 0 Å². The van der Waals surface area contributed by atoms with Crippen molar-refractivity contribution < 1.29 is 24.3 Å². The van der Waals surface area contributed by atoms with E-state index in [2.05, 4.69) is 89.7 Å². The number of aliphatic hydroxyl groups excluding tert-OH is 1. The van der Waals surface area contributed by atoms with Crippen molar-refractivity contribution in [2.45, 2.75) is 63.7 Å². The van der Waals surface area contributed by atoms with Crippen molar-refractivity contribution in [3.8, 4) is 0 Å². The van der Waals surface area contributed by atoms with Crippen LogP contribution in [0.15, 0.2) is 110 Å². The zero-order valence-electron chi connectivity index (χ0n) is 35.9. The van der Waals surface area contributed by atoms with Crippen LogP contribution < -0.4 is 16.0 Å². The lowest BCUT2D eigenvalue weighted by Gasteiger charge is -2.16. The van der Waals surface area contributed by atoms with Gasteiger partial charge in [-0.25, -0.2) is 0 Å². The van der Waals surface area contributed by atoms with E-state index < -0.39 is 23.7 Å². The number of rotatable bonds is 4. The molecular formula is C50H52N8O5. The molecule has 13 nitrogen and oxygen atoms in total. The first kappa shape index (κ1) is 41.5. The Morgan fingerprint density at radius 3 is 1.51 bits per heavy atom. The molecule has 4 atom stereocenters. The molecule has 12 rings (SSSR count). The fourth-order valence-corrected chi connectivity index (χ4v) is 10.3. The minimum atomic E-state index is -0.540. The summed E-state index contributed by atoms with van der Waals surface area (Å²) in [5.41, 5.74) is 10.4. The standard InChI is InChI=1S/C24H22N4O2.C23H20N4O2.C2H6.CH4O/c1-27-9-10-28-13-18(16-7-4-5-14(12-27)22(16)28)21-20(23(29)26-24(21)30)17-11-25-19-8-3-2-6-15(17)19;28-22-19(16-11-25-18-7-2-1-5-14(16)18)20(23(29)26-22)17-12-27-9-8-24-10-13-4-3-6-15(17)21(13)27;2*1-2/h2-8,11,13,20-21,25H,9-10,12H2,1H3,(H,26,29,30);1-7,11-12,19-20,24-25H,8-10H2,(H,26,28,29);1-2H3;2H,1H3. The summed E-state index contributed by atoms with van der Waals surface area (Å²) in [6.45, 7) is 9.21. The molecule has 0 radical (unpaired) electrons. The molecule has 4 amide bonds. The molecule has 0 bridgehead atoms. The number of aliphatic hydroxyl groups is 1. The summed E-state index contributed by atoms with van der Waals surface area (Å²) in [5, 5.41) is 19.7. The molecule has 4 aromatic carbocycles. The predicted molar refractivity (Wildman–Crippen MR) is 245 cm³/mol. The van der Waals surface area contributed by atoms with Gasteiger partial charge in [-0.1, -0.05) is 86.6 Å². The van der Waals surface area contributed by atoms with Crippen LogP contribution in [0.5, 0.6) is 0 Å². The molecule has 8 aromatic rings. The first-order chi connectivity index (χ1) is 30.8. The highest BCUT2D eigenvalue weighted by Gasteiger charge is 2.47. The lowest BCUT2D eigenvalue weighted by atomic mass is 9.83. The van der Waals surface area contributed by atoms with Crippen LogP contribution in [0.4, 0.5) is 0 Å². The van der Waals surface area contributed by atoms with Crippen molar-refractivity contribution in [1.29, 1.82) is 0 Å². The van der Waals surface area contributed by atoms with E-state index in [0.29, 0.717) is 0 Å². The highest BCUT2D eigenvalue weighted by Crippen LogP contribution is 2.45. The van der Waals surface area contributed by atoms with Crippen molar-refractivity contribution in [2.75, 3.05) is 27.2 Å². The topological polar surface area (TPSA) is 169 Å². The maximum Gasteiger partial charge on any atom is 0.235 e. The van der Waals surface area contributed by atoms with Crippen LogP contribution in [-0.2, 0) is 45.4 Å². The third kappa shape index (κ3) is 7.02. The number of H-pyrrole nitrogens is 2. The van der Waals surface area contributed by atoms with E-state index in [1.165, 1.54) is 16.6 Å². The first-order valence-electron chi connectivity index (χ1n) is 21.7. The number of fused-ring (bicyclic) bond motifs is 2. The summed E-state index contributed by atoms with van der Waals surface area (Å²) in [7, 11) is 3.13. The summed E-state index contributed by atoms with van der Waals surface area (Å²) >= 11 is 0. The van der Waals surface area contributed by atoms with Gasteiger partial charge < -0.3 is 34.4 Å². The van der Waals surface area contributed by atoms with E-state index in [-0.39, 0.29) is 23.6 Å². The van der Waals surface area contributed by atoms with Gasteiger partial charge in [0.2, 0.25) is 23.6 Å². The highest BCUT2D eigenvalue weighted by atomic mass is 16.2. The van der Waals surface area contributed by atoms with Crippen LogP contribution in [0.2, 0.25) is 0 Å². The normalized spacial score (nSPS) is 20.7. The fourth-order valence-electron chi connectivity index (χ4n) is 10.3. The minimum absolute atomic E-state index is 0.214. The Balaban J connectivity index is 0.000000149. The van der Waals surface area contributed by atoms with Gasteiger partial charge in [-0.15, -0.1) is 0 Å². The summed E-state index contributed by atoms with van der Waals surface area (Å²) in [6.07, 6.45) is 7.92. The average Bonchev–Trinajstić information content (AvgIpc) is 4.13. The van der Waals surface area contributed by atoms with Crippen molar-refractivity contribution in [3.63, 3.8) is 0 Å². The molecule has 4 unspecified atom stereocenters. The number of benzene rings is 4. The number of carbonyl (C=O) groups excluding carboxylic acids is 4. The van der Waals surface area contributed by atoms with Crippen LogP contribution in [0.1, 0.15) is 70.9 Å². The van der Waals surface area contributed by atoms with Crippen LogP contribution in [0, 0.1) is 0 Å². The number of aromatic amines is 2. The molecule has 2 saturated heterocycles. The number of amides is 4. The zero-order valence-corrected chi connectivity index (χ0v) is 35.9. The Kier molecular flexibility index (Phi) is 11.3. The third-order valence-electron chi connectivity index (χ3n) is 12.9. The number of imide groups is 2. The lowest BCUT2D eigenvalue weighted by molar-refractivity contribution is -0.127. The van der Waals surface area contributed by atoms with E-state index in [1.54, 1.807) is 0 Å². The van der Waals surface area contributed by atoms with Gasteiger partial charge in [0.1, 0.15) is 0 Å². The lowest BCUT2D eigenvalue weighted by Crippen LogP contribution is -2.22. The van der Waals surface area contributed by atoms with Gasteiger partial charge in [-0.2, -0.15) is 0 Å². The number of hydrogen-bond acceptors (Lipinski definition) is 7.